The summed E-state index contributed by atoms with van der Waals surface area (Å²) in [6.45, 7) is 5.15. The Hall–Kier alpha value is -3.38. The Morgan fingerprint density at radius 3 is 2.52 bits per heavy atom. The normalized spacial score (nSPS) is 14.7. The predicted molar refractivity (Wildman–Crippen MR) is 122 cm³/mol. The molecule has 0 aliphatic carbocycles. The van der Waals surface area contributed by atoms with Gasteiger partial charge in [0.1, 0.15) is 18.0 Å². The number of hydrazone groups is 1. The molecule has 6 nitrogen and oxygen atoms in total. The number of aromatic hydroxyl groups is 1. The van der Waals surface area contributed by atoms with Gasteiger partial charge in [0.2, 0.25) is 0 Å². The number of benzene rings is 3. The van der Waals surface area contributed by atoms with Gasteiger partial charge in [-0.05, 0) is 53.6 Å². The fourth-order valence-electron chi connectivity index (χ4n) is 4.13. The van der Waals surface area contributed by atoms with Crippen LogP contribution >= 0.6 is 0 Å². The number of rotatable bonds is 6. The number of hydrogen-bond acceptors (Lipinski definition) is 4. The van der Waals surface area contributed by atoms with Crippen molar-refractivity contribution in [1.82, 2.24) is 5.43 Å². The number of nitrogens with one attached hydrogen (secondary N) is 2. The molecule has 0 saturated carbocycles. The van der Waals surface area contributed by atoms with E-state index in [1.807, 2.05) is 43.3 Å². The van der Waals surface area contributed by atoms with Crippen molar-refractivity contribution >= 4 is 22.4 Å². The van der Waals surface area contributed by atoms with Crippen LogP contribution in [0.4, 0.5) is 0 Å². The fraction of sp³-hybridized carbons (Fsp3) is 0.280. The van der Waals surface area contributed by atoms with Crippen LogP contribution in [0.15, 0.2) is 59.7 Å². The minimum atomic E-state index is -0.446. The molecule has 1 aliphatic rings. The Kier molecular flexibility index (Phi) is 6.18. The largest absolute Gasteiger partial charge is 0.507 e. The molecule has 0 bridgehead atoms. The third-order valence-corrected chi connectivity index (χ3v) is 5.88. The molecule has 4 rings (SSSR count). The maximum Gasteiger partial charge on any atom is 0.275 e. The van der Waals surface area contributed by atoms with Gasteiger partial charge >= 0.3 is 0 Å². The number of phenolic OH excluding ortho intramolecular Hbond substituents is 1. The Morgan fingerprint density at radius 2 is 1.81 bits per heavy atom. The summed E-state index contributed by atoms with van der Waals surface area (Å²) in [4.78, 5) is 14.2. The highest BCUT2D eigenvalue weighted by atomic mass is 16.5. The predicted octanol–water partition coefficient (Wildman–Crippen LogP) is 2.89. The number of hydrogen-bond donors (Lipinski definition) is 3. The molecule has 0 unspecified atom stereocenters. The van der Waals surface area contributed by atoms with Crippen LogP contribution in [0.5, 0.6) is 11.5 Å². The fourth-order valence-corrected chi connectivity index (χ4v) is 4.13. The summed E-state index contributed by atoms with van der Waals surface area (Å²) in [5.74, 6) is 0.364. The minimum Gasteiger partial charge on any atom is -0.507 e. The number of carbonyl (C=O) groups excluding carboxylic acids is 1. The van der Waals surface area contributed by atoms with Crippen molar-refractivity contribution in [3.63, 3.8) is 0 Å². The van der Waals surface area contributed by atoms with Crippen molar-refractivity contribution in [2.24, 2.45) is 5.10 Å². The molecule has 0 atom stereocenters. The van der Waals surface area contributed by atoms with Gasteiger partial charge in [-0.3, -0.25) is 4.79 Å². The highest BCUT2D eigenvalue weighted by Crippen LogP contribution is 2.25. The van der Waals surface area contributed by atoms with E-state index < -0.39 is 5.91 Å². The molecule has 0 aromatic heterocycles. The summed E-state index contributed by atoms with van der Waals surface area (Å²) < 4.78 is 5.54. The van der Waals surface area contributed by atoms with Gasteiger partial charge in [-0.15, -0.1) is 0 Å². The summed E-state index contributed by atoms with van der Waals surface area (Å²) in [6.07, 6.45) is 2.54. The Bertz CT molecular complexity index is 1130. The highest BCUT2D eigenvalue weighted by molar-refractivity contribution is 6.03. The molecule has 6 heteroatoms. The van der Waals surface area contributed by atoms with Crippen LogP contribution in [-0.2, 0) is 6.54 Å². The quantitative estimate of drug-likeness (QED) is 0.426. The van der Waals surface area contributed by atoms with Crippen LogP contribution in [0.1, 0.15) is 41.3 Å². The summed E-state index contributed by atoms with van der Waals surface area (Å²) in [5, 5.41) is 16.3. The first-order valence-electron chi connectivity index (χ1n) is 10.6. The van der Waals surface area contributed by atoms with Gasteiger partial charge in [-0.2, -0.15) is 5.10 Å². The molecule has 1 amide bonds. The molecular formula is C25H28N3O3+. The molecule has 1 saturated heterocycles. The maximum absolute atomic E-state index is 12.6. The van der Waals surface area contributed by atoms with E-state index in [0.29, 0.717) is 5.71 Å². The smallest absolute Gasteiger partial charge is 0.275 e. The SMILES string of the molecule is COc1ccc(/C(C)=N\NC(=O)c2cc3ccccc3cc2O)cc1C[NH+]1CCCC1. The van der Waals surface area contributed by atoms with E-state index in [-0.39, 0.29) is 11.3 Å². The van der Waals surface area contributed by atoms with E-state index >= 15 is 0 Å². The van der Waals surface area contributed by atoms with Gasteiger partial charge in [-0.1, -0.05) is 24.3 Å². The van der Waals surface area contributed by atoms with Crippen molar-refractivity contribution in [3.8, 4) is 11.5 Å². The van der Waals surface area contributed by atoms with Crippen LogP contribution in [0.2, 0.25) is 0 Å². The molecule has 3 aromatic rings. The molecule has 3 N–H and O–H groups in total. The number of quaternary nitrogens is 1. The average molecular weight is 419 g/mol. The second-order valence-electron chi connectivity index (χ2n) is 8.02. The third-order valence-electron chi connectivity index (χ3n) is 5.88. The van der Waals surface area contributed by atoms with Crippen LogP contribution in [0, 0.1) is 0 Å². The topological polar surface area (TPSA) is 75.4 Å². The number of nitrogens with zero attached hydrogens (tertiary/aromatic N) is 1. The van der Waals surface area contributed by atoms with Gasteiger partial charge in [0.25, 0.3) is 5.91 Å². The maximum atomic E-state index is 12.6. The lowest BCUT2D eigenvalue weighted by atomic mass is 10.1. The van der Waals surface area contributed by atoms with Crippen molar-refractivity contribution < 1.29 is 19.5 Å². The second-order valence-corrected chi connectivity index (χ2v) is 8.02. The summed E-state index contributed by atoms with van der Waals surface area (Å²) in [5.41, 5.74) is 5.53. The molecule has 160 valence electrons. The molecule has 3 aromatic carbocycles. The zero-order valence-electron chi connectivity index (χ0n) is 17.9. The summed E-state index contributed by atoms with van der Waals surface area (Å²) >= 11 is 0. The van der Waals surface area contributed by atoms with Gasteiger partial charge in [0.15, 0.2) is 0 Å². The summed E-state index contributed by atoms with van der Waals surface area (Å²) in [6, 6.07) is 16.8. The lowest BCUT2D eigenvalue weighted by Crippen LogP contribution is -3.08. The molecule has 0 radical (unpaired) electrons. The first-order chi connectivity index (χ1) is 15.0. The van der Waals surface area contributed by atoms with E-state index in [9.17, 15) is 9.90 Å². The lowest BCUT2D eigenvalue weighted by Gasteiger charge is -2.15. The average Bonchev–Trinajstić information content (AvgIpc) is 3.29. The van der Waals surface area contributed by atoms with Gasteiger partial charge in [0, 0.05) is 18.4 Å². The number of amides is 1. The Balaban J connectivity index is 1.52. The van der Waals surface area contributed by atoms with E-state index in [4.69, 9.17) is 4.74 Å². The molecule has 1 fully saturated rings. The van der Waals surface area contributed by atoms with Crippen molar-refractivity contribution in [3.05, 3.63) is 71.3 Å². The van der Waals surface area contributed by atoms with E-state index in [1.54, 1.807) is 24.1 Å². The standard InChI is InChI=1S/C25H27N3O3/c1-17(18-9-10-24(31-2)21(13-18)16-28-11-5-6-12-28)26-27-25(30)22-14-19-7-3-4-8-20(19)15-23(22)29/h3-4,7-10,13-15,29H,5-6,11-12,16H2,1-2H3,(H,27,30)/p+1/b26-17-. The monoisotopic (exact) mass is 418 g/mol. The van der Waals surface area contributed by atoms with E-state index in [1.165, 1.54) is 25.9 Å². The number of methoxy groups -OCH3 is 1. The van der Waals surface area contributed by atoms with Gasteiger partial charge < -0.3 is 14.7 Å². The van der Waals surface area contributed by atoms with Crippen LogP contribution in [0.3, 0.4) is 0 Å². The highest BCUT2D eigenvalue weighted by Gasteiger charge is 2.18. The van der Waals surface area contributed by atoms with E-state index in [2.05, 4.69) is 16.6 Å². The molecule has 0 spiro atoms. The van der Waals surface area contributed by atoms with Crippen molar-refractivity contribution in [1.29, 1.82) is 0 Å². The Morgan fingerprint density at radius 1 is 1.10 bits per heavy atom. The first-order valence-corrected chi connectivity index (χ1v) is 10.6. The minimum absolute atomic E-state index is 0.0654. The van der Waals surface area contributed by atoms with Crippen LogP contribution in [0.25, 0.3) is 10.8 Å². The van der Waals surface area contributed by atoms with E-state index in [0.717, 1.165) is 34.2 Å². The third kappa shape index (κ3) is 4.70. The van der Waals surface area contributed by atoms with Gasteiger partial charge in [0.05, 0.1) is 31.5 Å². The molecule has 31 heavy (non-hydrogen) atoms. The zero-order valence-corrected chi connectivity index (χ0v) is 17.9. The number of carbonyl (C=O) groups is 1. The number of likely N-dealkylation sites (tertiary alicyclic amines) is 1. The lowest BCUT2D eigenvalue weighted by molar-refractivity contribution is -0.901. The molecule has 1 aliphatic heterocycles. The second kappa shape index (κ2) is 9.18. The Labute approximate surface area is 182 Å². The van der Waals surface area contributed by atoms with Gasteiger partial charge in [-0.25, -0.2) is 5.43 Å². The zero-order chi connectivity index (χ0) is 21.8. The number of ether oxygens (including phenoxy) is 1. The van der Waals surface area contributed by atoms with Crippen LogP contribution < -0.4 is 15.1 Å². The summed E-state index contributed by atoms with van der Waals surface area (Å²) in [7, 11) is 1.69. The number of fused-ring (bicyclic) bond motifs is 1. The van der Waals surface area contributed by atoms with Crippen molar-refractivity contribution in [2.75, 3.05) is 20.2 Å². The van der Waals surface area contributed by atoms with Crippen molar-refractivity contribution in [2.45, 2.75) is 26.3 Å². The van der Waals surface area contributed by atoms with Crippen LogP contribution in [-0.4, -0.2) is 36.9 Å². The number of phenols is 1. The molecular weight excluding hydrogens is 390 g/mol. The molecule has 1 heterocycles. The first kappa shape index (κ1) is 20.9.